The van der Waals surface area contributed by atoms with E-state index in [1.54, 1.807) is 4.90 Å². The standard InChI is InChI=1S/C29H34N6O2/c1-32-17-19-33(20-18-32)28-25-26(23-9-5-6-10-24(23)30-28)35(27(31-25)22-7-3-2-4-8-22)16-13-21-11-14-34(15-12-21)29(36)37/h2-10,21H,11-20H2,1H3,(H,36,37). The Morgan fingerprint density at radius 2 is 1.62 bits per heavy atom. The molecule has 37 heavy (non-hydrogen) atoms. The highest BCUT2D eigenvalue weighted by atomic mass is 16.4. The van der Waals surface area contributed by atoms with Crippen molar-refractivity contribution in [2.45, 2.75) is 25.8 Å². The van der Waals surface area contributed by atoms with Crippen molar-refractivity contribution in [1.82, 2.24) is 24.3 Å². The lowest BCUT2D eigenvalue weighted by atomic mass is 9.93. The molecule has 8 heteroatoms. The molecule has 0 spiro atoms. The fraction of sp³-hybridized carbons (Fsp3) is 0.414. The average molecular weight is 499 g/mol. The van der Waals surface area contributed by atoms with Crippen molar-refractivity contribution in [1.29, 1.82) is 0 Å². The van der Waals surface area contributed by atoms with E-state index in [-0.39, 0.29) is 0 Å². The first-order valence-electron chi connectivity index (χ1n) is 13.3. The number of aromatic nitrogens is 3. The fourth-order valence-electron chi connectivity index (χ4n) is 5.81. The number of para-hydroxylation sites is 1. The van der Waals surface area contributed by atoms with Crippen molar-refractivity contribution in [3.8, 4) is 11.4 Å². The molecule has 2 aliphatic rings. The third-order valence-electron chi connectivity index (χ3n) is 8.05. The second kappa shape index (κ2) is 10.0. The van der Waals surface area contributed by atoms with Crippen molar-refractivity contribution < 1.29 is 9.90 Å². The first-order valence-corrected chi connectivity index (χ1v) is 13.3. The minimum absolute atomic E-state index is 0.502. The van der Waals surface area contributed by atoms with Crippen molar-refractivity contribution >= 4 is 33.8 Å². The molecule has 2 saturated heterocycles. The van der Waals surface area contributed by atoms with E-state index in [4.69, 9.17) is 9.97 Å². The van der Waals surface area contributed by atoms with Crippen LogP contribution < -0.4 is 4.90 Å². The van der Waals surface area contributed by atoms with Crippen molar-refractivity contribution in [2.24, 2.45) is 5.92 Å². The maximum atomic E-state index is 11.4. The maximum Gasteiger partial charge on any atom is 0.407 e. The number of rotatable bonds is 5. The number of piperazine rings is 1. The topological polar surface area (TPSA) is 77.7 Å². The van der Waals surface area contributed by atoms with Gasteiger partial charge in [-0.2, -0.15) is 0 Å². The van der Waals surface area contributed by atoms with Gasteiger partial charge in [0.1, 0.15) is 11.3 Å². The van der Waals surface area contributed by atoms with Gasteiger partial charge in [0.15, 0.2) is 5.82 Å². The number of likely N-dealkylation sites (N-methyl/N-ethyl adjacent to an activating group) is 1. The molecule has 0 atom stereocenters. The number of fused-ring (bicyclic) bond motifs is 3. The van der Waals surface area contributed by atoms with Crippen LogP contribution in [0.2, 0.25) is 0 Å². The van der Waals surface area contributed by atoms with Crippen LogP contribution in [0.3, 0.4) is 0 Å². The first kappa shape index (κ1) is 23.7. The summed E-state index contributed by atoms with van der Waals surface area (Å²) in [6.07, 6.45) is 2.02. The van der Waals surface area contributed by atoms with Crippen LogP contribution in [0, 0.1) is 5.92 Å². The summed E-state index contributed by atoms with van der Waals surface area (Å²) in [6.45, 7) is 5.98. The molecule has 0 aliphatic carbocycles. The number of carboxylic acid groups (broad SMARTS) is 1. The summed E-state index contributed by atoms with van der Waals surface area (Å²) in [4.78, 5) is 28.1. The van der Waals surface area contributed by atoms with Crippen LogP contribution in [-0.4, -0.2) is 81.9 Å². The highest BCUT2D eigenvalue weighted by Gasteiger charge is 2.26. The van der Waals surface area contributed by atoms with Crippen LogP contribution in [0.15, 0.2) is 54.6 Å². The van der Waals surface area contributed by atoms with E-state index < -0.39 is 6.09 Å². The molecule has 0 radical (unpaired) electrons. The summed E-state index contributed by atoms with van der Waals surface area (Å²) in [5.74, 6) is 2.46. The fourth-order valence-corrected chi connectivity index (χ4v) is 5.81. The molecule has 2 aromatic carbocycles. The Labute approximate surface area is 217 Å². The predicted molar refractivity (Wildman–Crippen MR) is 147 cm³/mol. The summed E-state index contributed by atoms with van der Waals surface area (Å²) in [7, 11) is 2.17. The van der Waals surface area contributed by atoms with Gasteiger partial charge in [0.05, 0.1) is 11.0 Å². The van der Waals surface area contributed by atoms with Gasteiger partial charge in [0.2, 0.25) is 0 Å². The molecule has 1 amide bonds. The molecular formula is C29H34N6O2. The molecule has 4 aromatic rings. The Hall–Kier alpha value is -3.65. The molecule has 0 unspecified atom stereocenters. The molecule has 8 nitrogen and oxygen atoms in total. The van der Waals surface area contributed by atoms with Gasteiger partial charge in [-0.3, -0.25) is 0 Å². The van der Waals surface area contributed by atoms with Gasteiger partial charge in [-0.1, -0.05) is 48.5 Å². The van der Waals surface area contributed by atoms with Gasteiger partial charge >= 0.3 is 6.09 Å². The van der Waals surface area contributed by atoms with Gasteiger partial charge in [0, 0.05) is 56.8 Å². The van der Waals surface area contributed by atoms with E-state index in [2.05, 4.69) is 69.9 Å². The Morgan fingerprint density at radius 1 is 0.919 bits per heavy atom. The number of benzene rings is 2. The number of pyridine rings is 1. The maximum absolute atomic E-state index is 11.4. The Balaban J connectivity index is 1.44. The van der Waals surface area contributed by atoms with Gasteiger partial charge in [-0.25, -0.2) is 14.8 Å². The molecular weight excluding hydrogens is 464 g/mol. The van der Waals surface area contributed by atoms with Gasteiger partial charge < -0.3 is 24.4 Å². The minimum atomic E-state index is -0.805. The molecule has 2 aliphatic heterocycles. The first-order chi connectivity index (χ1) is 18.1. The quantitative estimate of drug-likeness (QED) is 0.427. The third-order valence-corrected chi connectivity index (χ3v) is 8.05. The van der Waals surface area contributed by atoms with Crippen LogP contribution in [0.25, 0.3) is 33.3 Å². The van der Waals surface area contributed by atoms with E-state index in [1.165, 1.54) is 0 Å². The number of piperidine rings is 1. The Morgan fingerprint density at radius 3 is 2.35 bits per heavy atom. The number of carbonyl (C=O) groups is 1. The average Bonchev–Trinajstić information content (AvgIpc) is 3.32. The Kier molecular flexibility index (Phi) is 6.42. The molecule has 0 saturated carbocycles. The zero-order chi connectivity index (χ0) is 25.4. The molecule has 4 heterocycles. The van der Waals surface area contributed by atoms with Gasteiger partial charge in [-0.15, -0.1) is 0 Å². The van der Waals surface area contributed by atoms with E-state index in [0.29, 0.717) is 19.0 Å². The minimum Gasteiger partial charge on any atom is -0.465 e. The number of amides is 1. The molecule has 6 rings (SSSR count). The van der Waals surface area contributed by atoms with Crippen molar-refractivity contribution in [3.05, 3.63) is 54.6 Å². The molecule has 2 aromatic heterocycles. The number of hydrogen-bond acceptors (Lipinski definition) is 5. The van der Waals surface area contributed by atoms with Gasteiger partial charge in [-0.05, 0) is 38.3 Å². The molecule has 192 valence electrons. The molecule has 2 fully saturated rings. The lowest BCUT2D eigenvalue weighted by Crippen LogP contribution is -2.44. The molecule has 1 N–H and O–H groups in total. The van der Waals surface area contributed by atoms with Crippen LogP contribution in [0.4, 0.5) is 10.6 Å². The number of nitrogens with zero attached hydrogens (tertiary/aromatic N) is 6. The van der Waals surface area contributed by atoms with Gasteiger partial charge in [0.25, 0.3) is 0 Å². The number of imidazole rings is 1. The van der Waals surface area contributed by atoms with Crippen LogP contribution in [0.5, 0.6) is 0 Å². The molecule has 0 bridgehead atoms. The summed E-state index contributed by atoms with van der Waals surface area (Å²) >= 11 is 0. The van der Waals surface area contributed by atoms with E-state index in [0.717, 1.165) is 91.1 Å². The lowest BCUT2D eigenvalue weighted by molar-refractivity contribution is 0.122. The summed E-state index contributed by atoms with van der Waals surface area (Å²) in [5.41, 5.74) is 4.23. The van der Waals surface area contributed by atoms with Crippen molar-refractivity contribution in [2.75, 3.05) is 51.2 Å². The number of likely N-dealkylation sites (tertiary alicyclic amines) is 1. The normalized spacial score (nSPS) is 17.6. The number of anilines is 1. The van der Waals surface area contributed by atoms with Crippen LogP contribution in [-0.2, 0) is 6.54 Å². The predicted octanol–water partition coefficient (Wildman–Crippen LogP) is 4.78. The zero-order valence-electron chi connectivity index (χ0n) is 21.4. The van der Waals surface area contributed by atoms with E-state index in [1.807, 2.05) is 6.07 Å². The summed E-state index contributed by atoms with van der Waals surface area (Å²) in [5, 5.41) is 10.5. The number of hydrogen-bond donors (Lipinski definition) is 1. The zero-order valence-corrected chi connectivity index (χ0v) is 21.4. The SMILES string of the molecule is CN1CCN(c2nc3ccccc3c3c2nc(-c2ccccc2)n3CCC2CCN(C(=O)O)CC2)CC1. The van der Waals surface area contributed by atoms with Crippen LogP contribution in [0.1, 0.15) is 19.3 Å². The highest BCUT2D eigenvalue weighted by molar-refractivity contribution is 6.08. The number of aryl methyl sites for hydroxylation is 1. The van der Waals surface area contributed by atoms with E-state index >= 15 is 0 Å². The summed E-state index contributed by atoms with van der Waals surface area (Å²) in [6, 6.07) is 18.9. The smallest absolute Gasteiger partial charge is 0.407 e. The lowest BCUT2D eigenvalue weighted by Gasteiger charge is -2.33. The second-order valence-corrected chi connectivity index (χ2v) is 10.4. The highest BCUT2D eigenvalue weighted by Crippen LogP contribution is 2.36. The van der Waals surface area contributed by atoms with E-state index in [9.17, 15) is 9.90 Å². The van der Waals surface area contributed by atoms with Crippen LogP contribution >= 0.6 is 0 Å². The van der Waals surface area contributed by atoms with Crippen molar-refractivity contribution in [3.63, 3.8) is 0 Å². The monoisotopic (exact) mass is 498 g/mol. The third kappa shape index (κ3) is 4.62. The largest absolute Gasteiger partial charge is 0.465 e. The summed E-state index contributed by atoms with van der Waals surface area (Å²) < 4.78 is 2.40. The second-order valence-electron chi connectivity index (χ2n) is 10.4. The Bertz CT molecular complexity index is 1400.